The lowest BCUT2D eigenvalue weighted by atomic mass is 10.0. The number of ketones is 1. The van der Waals surface area contributed by atoms with E-state index in [-0.39, 0.29) is 5.78 Å². The lowest BCUT2D eigenvalue weighted by molar-refractivity contribution is 0.103. The zero-order chi connectivity index (χ0) is 14.0. The van der Waals surface area contributed by atoms with Crippen LogP contribution in [-0.2, 0) is 0 Å². The Morgan fingerprint density at radius 1 is 1.21 bits per heavy atom. The van der Waals surface area contributed by atoms with Gasteiger partial charge in [0.25, 0.3) is 0 Å². The topological polar surface area (TPSA) is 35.5 Å². The van der Waals surface area contributed by atoms with E-state index in [0.29, 0.717) is 22.6 Å². The predicted octanol–water partition coefficient (Wildman–Crippen LogP) is 4.36. The molecule has 1 aromatic heterocycles. The zero-order valence-electron chi connectivity index (χ0n) is 10.2. The molecule has 0 amide bonds. The summed E-state index contributed by atoms with van der Waals surface area (Å²) in [6.45, 7) is 0. The van der Waals surface area contributed by atoms with Crippen LogP contribution in [0.3, 0.4) is 0 Å². The molecule has 0 aliphatic rings. The Kier molecular flexibility index (Phi) is 4.86. The molecular weight excluding hydrogens is 443 g/mol. The third kappa shape index (κ3) is 3.11. The number of carbonyl (C=O) groups is 1. The first-order chi connectivity index (χ1) is 9.06. The molecule has 6 heteroatoms. The number of benzene rings is 1. The summed E-state index contributed by atoms with van der Waals surface area (Å²) in [5.74, 6) is 1.06. The number of carbonyl (C=O) groups excluding carboxylic acids is 1. The van der Waals surface area contributed by atoms with Gasteiger partial charge in [-0.05, 0) is 56.7 Å². The van der Waals surface area contributed by atoms with Gasteiger partial charge in [0, 0.05) is 10.9 Å². The van der Waals surface area contributed by atoms with Crippen LogP contribution in [0.2, 0.25) is 0 Å². The summed E-state index contributed by atoms with van der Waals surface area (Å²) in [5.41, 5.74) is 1.16. The van der Waals surface area contributed by atoms with E-state index in [9.17, 15) is 4.79 Å². The van der Waals surface area contributed by atoms with Crippen LogP contribution in [0, 0.1) is 2.88 Å². The Morgan fingerprint density at radius 3 is 2.42 bits per heavy atom. The molecule has 0 bridgehead atoms. The minimum Gasteiger partial charge on any atom is -0.496 e. The van der Waals surface area contributed by atoms with E-state index in [0.717, 1.165) is 7.36 Å². The lowest BCUT2D eigenvalue weighted by Gasteiger charge is -2.11. The van der Waals surface area contributed by atoms with Gasteiger partial charge in [-0.1, -0.05) is 0 Å². The molecule has 0 unspecified atom stereocenters. The Balaban J connectivity index is 2.51. The van der Waals surface area contributed by atoms with E-state index in [1.807, 2.05) is 11.4 Å². The van der Waals surface area contributed by atoms with Crippen LogP contribution in [0.4, 0.5) is 0 Å². The SMILES string of the molecule is COc1cc(C(=O)c2csc(I)c2)c(OC)cc1Br. The molecule has 0 saturated heterocycles. The van der Waals surface area contributed by atoms with Crippen LogP contribution >= 0.6 is 49.9 Å². The van der Waals surface area contributed by atoms with Crippen molar-refractivity contribution in [3.8, 4) is 11.5 Å². The Labute approximate surface area is 137 Å². The maximum Gasteiger partial charge on any atom is 0.197 e. The molecule has 0 spiro atoms. The lowest BCUT2D eigenvalue weighted by Crippen LogP contribution is -2.04. The van der Waals surface area contributed by atoms with E-state index < -0.39 is 0 Å². The van der Waals surface area contributed by atoms with Crippen LogP contribution in [0.5, 0.6) is 11.5 Å². The molecule has 0 N–H and O–H groups in total. The minimum absolute atomic E-state index is 0.0678. The van der Waals surface area contributed by atoms with Crippen molar-refractivity contribution in [1.29, 1.82) is 0 Å². The summed E-state index contributed by atoms with van der Waals surface area (Å²) in [6, 6.07) is 5.29. The van der Waals surface area contributed by atoms with Crippen LogP contribution in [0.25, 0.3) is 0 Å². The smallest absolute Gasteiger partial charge is 0.197 e. The number of ether oxygens (including phenoxy) is 2. The summed E-state index contributed by atoms with van der Waals surface area (Å²) in [4.78, 5) is 12.5. The molecule has 2 aromatic rings. The number of methoxy groups -OCH3 is 2. The highest BCUT2D eigenvalue weighted by molar-refractivity contribution is 14.1. The van der Waals surface area contributed by atoms with E-state index in [2.05, 4.69) is 38.5 Å². The molecule has 0 aliphatic carbocycles. The second kappa shape index (κ2) is 6.23. The third-order valence-corrected chi connectivity index (χ3v) is 4.96. The van der Waals surface area contributed by atoms with Crippen LogP contribution < -0.4 is 9.47 Å². The number of hydrogen-bond donors (Lipinski definition) is 0. The van der Waals surface area contributed by atoms with E-state index in [1.165, 1.54) is 11.3 Å². The van der Waals surface area contributed by atoms with E-state index >= 15 is 0 Å². The van der Waals surface area contributed by atoms with Gasteiger partial charge in [-0.25, -0.2) is 0 Å². The van der Waals surface area contributed by atoms with Gasteiger partial charge < -0.3 is 9.47 Å². The monoisotopic (exact) mass is 452 g/mol. The van der Waals surface area contributed by atoms with Crippen LogP contribution in [0.15, 0.2) is 28.1 Å². The fourth-order valence-electron chi connectivity index (χ4n) is 1.62. The molecule has 3 nitrogen and oxygen atoms in total. The second-order valence-corrected chi connectivity index (χ2v) is 7.32. The van der Waals surface area contributed by atoms with Gasteiger partial charge in [-0.3, -0.25) is 4.79 Å². The summed E-state index contributed by atoms with van der Waals surface area (Å²) < 4.78 is 12.3. The highest BCUT2D eigenvalue weighted by Crippen LogP contribution is 2.34. The van der Waals surface area contributed by atoms with Crippen molar-refractivity contribution in [1.82, 2.24) is 0 Å². The van der Waals surface area contributed by atoms with Gasteiger partial charge in [-0.2, -0.15) is 0 Å². The van der Waals surface area contributed by atoms with Crippen molar-refractivity contribution >= 4 is 55.6 Å². The fourth-order valence-corrected chi connectivity index (χ4v) is 3.43. The van der Waals surface area contributed by atoms with Gasteiger partial charge in [-0.15, -0.1) is 11.3 Å². The first-order valence-corrected chi connectivity index (χ1v) is 8.02. The van der Waals surface area contributed by atoms with E-state index in [4.69, 9.17) is 9.47 Å². The molecule has 1 aromatic carbocycles. The number of hydrogen-bond acceptors (Lipinski definition) is 4. The minimum atomic E-state index is -0.0678. The average molecular weight is 453 g/mol. The molecular formula is C13H10BrIO3S. The first-order valence-electron chi connectivity index (χ1n) is 5.27. The number of thiophene rings is 1. The van der Waals surface area contributed by atoms with Gasteiger partial charge in [0.15, 0.2) is 5.78 Å². The summed E-state index contributed by atoms with van der Waals surface area (Å²) in [5, 5.41) is 1.85. The standard InChI is InChI=1S/C13H10BrIO3S/c1-17-10-5-9(14)11(18-2)4-8(10)13(16)7-3-12(15)19-6-7/h3-6H,1-2H3. The Hall–Kier alpha value is -0.600. The maximum atomic E-state index is 12.5. The maximum absolute atomic E-state index is 12.5. The van der Waals surface area contributed by atoms with Crippen molar-refractivity contribution < 1.29 is 14.3 Å². The molecule has 2 rings (SSSR count). The fraction of sp³-hybridized carbons (Fsp3) is 0.154. The van der Waals surface area contributed by atoms with Crippen LogP contribution in [-0.4, -0.2) is 20.0 Å². The van der Waals surface area contributed by atoms with Crippen molar-refractivity contribution in [2.45, 2.75) is 0 Å². The van der Waals surface area contributed by atoms with Gasteiger partial charge in [0.1, 0.15) is 11.5 Å². The van der Waals surface area contributed by atoms with Gasteiger partial charge in [0.05, 0.1) is 27.1 Å². The summed E-state index contributed by atoms with van der Waals surface area (Å²) >= 11 is 7.11. The number of rotatable bonds is 4. The first kappa shape index (κ1) is 14.8. The molecule has 0 fully saturated rings. The summed E-state index contributed by atoms with van der Waals surface area (Å²) in [7, 11) is 3.11. The normalized spacial score (nSPS) is 10.3. The quantitative estimate of drug-likeness (QED) is 0.510. The highest BCUT2D eigenvalue weighted by Gasteiger charge is 2.18. The third-order valence-electron chi connectivity index (χ3n) is 2.55. The van der Waals surface area contributed by atoms with E-state index in [1.54, 1.807) is 26.4 Å². The predicted molar refractivity (Wildman–Crippen MR) is 87.7 cm³/mol. The average Bonchev–Trinajstić information content (AvgIpc) is 2.84. The zero-order valence-corrected chi connectivity index (χ0v) is 14.8. The summed E-state index contributed by atoms with van der Waals surface area (Å²) in [6.07, 6.45) is 0. The Bertz CT molecular complexity index is 624. The van der Waals surface area contributed by atoms with Crippen molar-refractivity contribution in [2.75, 3.05) is 14.2 Å². The molecule has 1 heterocycles. The molecule has 0 saturated carbocycles. The molecule has 0 radical (unpaired) electrons. The second-order valence-electron chi connectivity index (χ2n) is 3.66. The van der Waals surface area contributed by atoms with Crippen molar-refractivity contribution in [3.63, 3.8) is 0 Å². The van der Waals surface area contributed by atoms with Crippen LogP contribution in [0.1, 0.15) is 15.9 Å². The molecule has 100 valence electrons. The molecule has 0 aliphatic heterocycles. The number of halogens is 2. The molecule has 0 atom stereocenters. The highest BCUT2D eigenvalue weighted by atomic mass is 127. The van der Waals surface area contributed by atoms with Crippen molar-refractivity contribution in [3.05, 3.63) is 42.1 Å². The largest absolute Gasteiger partial charge is 0.496 e. The van der Waals surface area contributed by atoms with Crippen molar-refractivity contribution in [2.24, 2.45) is 0 Å². The van der Waals surface area contributed by atoms with Gasteiger partial charge >= 0.3 is 0 Å². The molecule has 19 heavy (non-hydrogen) atoms. The Morgan fingerprint density at radius 2 is 1.89 bits per heavy atom. The van der Waals surface area contributed by atoms with Gasteiger partial charge in [0.2, 0.25) is 0 Å².